The molecule has 3 aliphatic rings. The maximum atomic E-state index is 2.55. The highest BCUT2D eigenvalue weighted by Gasteiger charge is 2.38. The van der Waals surface area contributed by atoms with E-state index < -0.39 is 0 Å². The van der Waals surface area contributed by atoms with Crippen LogP contribution in [0.4, 0.5) is 5.69 Å². The first kappa shape index (κ1) is 12.5. The van der Waals surface area contributed by atoms with Crippen molar-refractivity contribution in [3.8, 4) is 0 Å². The fourth-order valence-electron chi connectivity index (χ4n) is 4.42. The molecule has 0 amide bonds. The van der Waals surface area contributed by atoms with E-state index in [2.05, 4.69) is 47.4 Å². The number of nitrogens with one attached hydrogen (secondary N) is 1. The highest BCUT2D eigenvalue weighted by molar-refractivity contribution is 5.46. The average Bonchev–Trinajstić information content (AvgIpc) is 3.12. The van der Waals surface area contributed by atoms with Crippen molar-refractivity contribution in [2.24, 2.45) is 17.8 Å². The molecular formula is C18H25N2+. The Morgan fingerprint density at radius 3 is 2.45 bits per heavy atom. The van der Waals surface area contributed by atoms with E-state index in [1.54, 1.807) is 0 Å². The average molecular weight is 269 g/mol. The molecule has 2 nitrogen and oxygen atoms in total. The molecule has 3 atom stereocenters. The quantitative estimate of drug-likeness (QED) is 0.819. The molecule has 1 aromatic rings. The summed E-state index contributed by atoms with van der Waals surface area (Å²) in [6, 6.07) is 10.9. The number of fused-ring (bicyclic) bond motifs is 2. The van der Waals surface area contributed by atoms with E-state index in [9.17, 15) is 0 Å². The summed E-state index contributed by atoms with van der Waals surface area (Å²) in [5, 5.41) is 0. The number of allylic oxidation sites excluding steroid dienone is 2. The second kappa shape index (κ2) is 5.25. The minimum absolute atomic E-state index is 0.916. The smallest absolute Gasteiger partial charge is 0.0949 e. The molecule has 4 rings (SSSR count). The fraction of sp³-hybridized carbons (Fsp3) is 0.556. The first-order chi connectivity index (χ1) is 9.88. The first-order valence-electron chi connectivity index (χ1n) is 8.20. The van der Waals surface area contributed by atoms with E-state index in [4.69, 9.17) is 0 Å². The number of hydrogen-bond donors (Lipinski definition) is 1. The summed E-state index contributed by atoms with van der Waals surface area (Å²) in [4.78, 5) is 4.38. The maximum absolute atomic E-state index is 2.55. The van der Waals surface area contributed by atoms with Gasteiger partial charge >= 0.3 is 0 Å². The van der Waals surface area contributed by atoms with Crippen LogP contribution in [0.2, 0.25) is 0 Å². The molecule has 2 bridgehead atoms. The highest BCUT2D eigenvalue weighted by atomic mass is 15.3. The van der Waals surface area contributed by atoms with Crippen LogP contribution in [-0.4, -0.2) is 32.7 Å². The largest absolute Gasteiger partial charge is 0.360 e. The molecule has 1 saturated carbocycles. The molecule has 20 heavy (non-hydrogen) atoms. The summed E-state index contributed by atoms with van der Waals surface area (Å²) in [6.45, 7) is 6.47. The number of anilines is 1. The van der Waals surface area contributed by atoms with Gasteiger partial charge in [0.25, 0.3) is 0 Å². The second-order valence-corrected chi connectivity index (χ2v) is 6.82. The van der Waals surface area contributed by atoms with E-state index in [1.165, 1.54) is 51.3 Å². The lowest BCUT2D eigenvalue weighted by Crippen LogP contribution is -3.15. The predicted octanol–water partition coefficient (Wildman–Crippen LogP) is 1.60. The number of quaternary nitrogens is 1. The van der Waals surface area contributed by atoms with Crippen molar-refractivity contribution in [2.75, 3.05) is 37.6 Å². The van der Waals surface area contributed by atoms with Crippen molar-refractivity contribution < 1.29 is 4.90 Å². The van der Waals surface area contributed by atoms with Crippen molar-refractivity contribution in [1.29, 1.82) is 0 Å². The molecule has 1 N–H and O–H groups in total. The van der Waals surface area contributed by atoms with Gasteiger partial charge in [0.05, 0.1) is 32.7 Å². The minimum Gasteiger partial charge on any atom is -0.360 e. The molecule has 0 radical (unpaired) electrons. The van der Waals surface area contributed by atoms with Gasteiger partial charge in [0.1, 0.15) is 0 Å². The Labute approximate surface area is 122 Å². The van der Waals surface area contributed by atoms with Crippen molar-refractivity contribution in [1.82, 2.24) is 0 Å². The van der Waals surface area contributed by atoms with Crippen LogP contribution in [0.25, 0.3) is 0 Å². The van der Waals surface area contributed by atoms with Crippen LogP contribution in [0.3, 0.4) is 0 Å². The molecule has 2 heteroatoms. The third kappa shape index (κ3) is 2.37. The van der Waals surface area contributed by atoms with Gasteiger partial charge in [-0.25, -0.2) is 0 Å². The van der Waals surface area contributed by atoms with E-state index in [-0.39, 0.29) is 0 Å². The third-order valence-electron chi connectivity index (χ3n) is 5.56. The molecule has 1 saturated heterocycles. The Kier molecular flexibility index (Phi) is 3.27. The summed E-state index contributed by atoms with van der Waals surface area (Å²) >= 11 is 0. The number of benzene rings is 1. The van der Waals surface area contributed by atoms with Gasteiger partial charge in [0.15, 0.2) is 0 Å². The third-order valence-corrected chi connectivity index (χ3v) is 5.56. The van der Waals surface area contributed by atoms with Gasteiger partial charge < -0.3 is 9.80 Å². The number of piperazine rings is 1. The van der Waals surface area contributed by atoms with Crippen LogP contribution in [0.15, 0.2) is 42.5 Å². The Balaban J connectivity index is 1.31. The SMILES string of the molecule is C1=C[C@H]2C[C@H]1C[C@@H]2C[NH+]1CCN(c2ccccc2)CC1. The molecule has 0 aromatic heterocycles. The molecule has 1 heterocycles. The standard InChI is InChI=1S/C18H24N2/c1-2-4-18(5-3-1)20-10-8-19(9-11-20)14-17-13-15-6-7-16(17)12-15/h1-7,15-17H,8-14H2/p+1/t15-,16-,17+/m0/s1. The van der Waals surface area contributed by atoms with Gasteiger partial charge in [-0.1, -0.05) is 30.4 Å². The molecule has 2 aliphatic carbocycles. The molecule has 0 spiro atoms. The van der Waals surface area contributed by atoms with E-state index in [0.717, 1.165) is 17.8 Å². The number of para-hydroxylation sites is 1. The topological polar surface area (TPSA) is 7.68 Å². The van der Waals surface area contributed by atoms with Crippen LogP contribution in [-0.2, 0) is 0 Å². The number of rotatable bonds is 3. The van der Waals surface area contributed by atoms with Crippen molar-refractivity contribution in [3.63, 3.8) is 0 Å². The minimum atomic E-state index is 0.916. The molecule has 1 aliphatic heterocycles. The Morgan fingerprint density at radius 2 is 1.80 bits per heavy atom. The fourth-order valence-corrected chi connectivity index (χ4v) is 4.42. The van der Waals surface area contributed by atoms with E-state index >= 15 is 0 Å². The molecule has 106 valence electrons. The Morgan fingerprint density at radius 1 is 1.00 bits per heavy atom. The van der Waals surface area contributed by atoms with Gasteiger partial charge in [-0.3, -0.25) is 0 Å². The van der Waals surface area contributed by atoms with Crippen molar-refractivity contribution in [3.05, 3.63) is 42.5 Å². The van der Waals surface area contributed by atoms with Gasteiger partial charge in [-0.15, -0.1) is 0 Å². The molecular weight excluding hydrogens is 244 g/mol. The van der Waals surface area contributed by atoms with E-state index in [0.29, 0.717) is 0 Å². The van der Waals surface area contributed by atoms with Crippen LogP contribution in [0.1, 0.15) is 12.8 Å². The molecule has 0 unspecified atom stereocenters. The monoisotopic (exact) mass is 269 g/mol. The summed E-state index contributed by atoms with van der Waals surface area (Å²) in [5.74, 6) is 2.82. The van der Waals surface area contributed by atoms with Gasteiger partial charge in [-0.05, 0) is 36.8 Å². The zero-order valence-corrected chi connectivity index (χ0v) is 12.2. The zero-order valence-electron chi connectivity index (χ0n) is 12.2. The van der Waals surface area contributed by atoms with Crippen LogP contribution >= 0.6 is 0 Å². The lowest BCUT2D eigenvalue weighted by Gasteiger charge is -2.35. The van der Waals surface area contributed by atoms with Crippen LogP contribution in [0, 0.1) is 17.8 Å². The van der Waals surface area contributed by atoms with Crippen molar-refractivity contribution >= 4 is 5.69 Å². The number of nitrogens with zero attached hydrogens (tertiary/aromatic N) is 1. The lowest BCUT2D eigenvalue weighted by atomic mass is 9.93. The summed E-state index contributed by atoms with van der Waals surface area (Å²) in [6.07, 6.45) is 7.88. The van der Waals surface area contributed by atoms with Crippen molar-refractivity contribution in [2.45, 2.75) is 12.8 Å². The normalized spacial score (nSPS) is 33.0. The van der Waals surface area contributed by atoms with Crippen LogP contribution < -0.4 is 9.80 Å². The van der Waals surface area contributed by atoms with Gasteiger partial charge in [0, 0.05) is 11.6 Å². The van der Waals surface area contributed by atoms with Gasteiger partial charge in [0.2, 0.25) is 0 Å². The van der Waals surface area contributed by atoms with Crippen LogP contribution in [0.5, 0.6) is 0 Å². The second-order valence-electron chi connectivity index (χ2n) is 6.82. The first-order valence-corrected chi connectivity index (χ1v) is 8.20. The maximum Gasteiger partial charge on any atom is 0.0949 e. The summed E-state index contributed by atoms with van der Waals surface area (Å²) in [5.41, 5.74) is 1.40. The zero-order chi connectivity index (χ0) is 13.4. The number of hydrogen-bond acceptors (Lipinski definition) is 1. The molecule has 2 fully saturated rings. The summed E-state index contributed by atoms with van der Waals surface area (Å²) in [7, 11) is 0. The predicted molar refractivity (Wildman–Crippen MR) is 83.1 cm³/mol. The lowest BCUT2D eigenvalue weighted by molar-refractivity contribution is -0.904. The summed E-state index contributed by atoms with van der Waals surface area (Å²) < 4.78 is 0. The Bertz CT molecular complexity index is 473. The van der Waals surface area contributed by atoms with E-state index in [1.807, 2.05) is 4.90 Å². The Hall–Kier alpha value is -1.28. The highest BCUT2D eigenvalue weighted by Crippen LogP contribution is 2.42. The molecule has 1 aromatic carbocycles. The van der Waals surface area contributed by atoms with Gasteiger partial charge in [-0.2, -0.15) is 0 Å².